The molecule has 29 heavy (non-hydrogen) atoms. The molecule has 1 aromatic heterocycles. The van der Waals surface area contributed by atoms with E-state index in [0.29, 0.717) is 0 Å². The molecule has 0 unspecified atom stereocenters. The number of rotatable bonds is 5. The fraction of sp³-hybridized carbons (Fsp3) is 0.444. The highest BCUT2D eigenvalue weighted by atomic mass is 32.2. The van der Waals surface area contributed by atoms with Gasteiger partial charge in [0.2, 0.25) is 10.0 Å². The van der Waals surface area contributed by atoms with Gasteiger partial charge in [-0.3, -0.25) is 4.79 Å². The fourth-order valence-corrected chi connectivity index (χ4v) is 4.67. The fourth-order valence-electron chi connectivity index (χ4n) is 3.18. The summed E-state index contributed by atoms with van der Waals surface area (Å²) in [6, 6.07) is 7.84. The van der Waals surface area contributed by atoms with E-state index in [0.717, 1.165) is 4.57 Å². The van der Waals surface area contributed by atoms with E-state index in [1.165, 1.54) is 35.9 Å². The second-order valence-electron chi connectivity index (χ2n) is 6.75. The Morgan fingerprint density at radius 3 is 2.34 bits per heavy atom. The van der Waals surface area contributed by atoms with Crippen molar-refractivity contribution in [3.63, 3.8) is 0 Å². The van der Waals surface area contributed by atoms with Gasteiger partial charge in [-0.1, -0.05) is 18.2 Å². The number of carbonyl (C=O) groups excluding carboxylic acids is 1. The van der Waals surface area contributed by atoms with Gasteiger partial charge in [0.1, 0.15) is 0 Å². The van der Waals surface area contributed by atoms with Gasteiger partial charge in [0.05, 0.1) is 10.8 Å². The van der Waals surface area contributed by atoms with E-state index in [1.54, 1.807) is 18.2 Å². The minimum Gasteiger partial charge on any atom is -0.444 e. The lowest BCUT2D eigenvalue weighted by molar-refractivity contribution is -0.229. The van der Waals surface area contributed by atoms with E-state index in [1.807, 2.05) is 0 Å². The van der Waals surface area contributed by atoms with Gasteiger partial charge in [-0.15, -0.1) is 0 Å². The molecule has 0 spiro atoms. The van der Waals surface area contributed by atoms with Crippen molar-refractivity contribution in [1.29, 1.82) is 0 Å². The largest absolute Gasteiger partial charge is 0.444 e. The summed E-state index contributed by atoms with van der Waals surface area (Å²) in [6.07, 6.45) is -4.61. The lowest BCUT2D eigenvalue weighted by Gasteiger charge is -2.31. The van der Waals surface area contributed by atoms with Crippen molar-refractivity contribution in [2.45, 2.75) is 30.0 Å². The van der Waals surface area contributed by atoms with E-state index in [4.69, 9.17) is 4.74 Å². The number of halogens is 3. The smallest absolute Gasteiger partial charge is 0.432 e. The summed E-state index contributed by atoms with van der Waals surface area (Å²) < 4.78 is 72.5. The van der Waals surface area contributed by atoms with Gasteiger partial charge in [0.25, 0.3) is 6.10 Å². The van der Waals surface area contributed by atoms with Gasteiger partial charge < -0.3 is 9.30 Å². The third-order valence-electron chi connectivity index (χ3n) is 4.79. The summed E-state index contributed by atoms with van der Waals surface area (Å²) in [5.41, 5.74) is 0. The minimum absolute atomic E-state index is 0.0239. The number of sulfonamides is 1. The van der Waals surface area contributed by atoms with E-state index in [-0.39, 0.29) is 30.8 Å². The first kappa shape index (κ1) is 21.3. The summed E-state index contributed by atoms with van der Waals surface area (Å²) >= 11 is 0. The number of piperidine rings is 1. The number of aromatic nitrogens is 2. The van der Waals surface area contributed by atoms with Crippen molar-refractivity contribution in [3.05, 3.63) is 48.5 Å². The molecule has 0 radical (unpaired) electrons. The first-order chi connectivity index (χ1) is 13.6. The Bertz CT molecular complexity index is 952. The molecule has 1 atom stereocenters. The molecule has 0 N–H and O–H groups in total. The van der Waals surface area contributed by atoms with Crippen LogP contribution in [-0.2, 0) is 26.6 Å². The van der Waals surface area contributed by atoms with Crippen LogP contribution >= 0.6 is 0 Å². The quantitative estimate of drug-likeness (QED) is 0.680. The third-order valence-corrected chi connectivity index (χ3v) is 6.71. The highest BCUT2D eigenvalue weighted by molar-refractivity contribution is 7.89. The van der Waals surface area contributed by atoms with E-state index in [9.17, 15) is 26.4 Å². The topological polar surface area (TPSA) is 81.5 Å². The zero-order valence-electron chi connectivity index (χ0n) is 15.5. The Kier molecular flexibility index (Phi) is 5.99. The summed E-state index contributed by atoms with van der Waals surface area (Å²) in [4.78, 5) is 16.1. The lowest BCUT2D eigenvalue weighted by atomic mass is 9.98. The summed E-state index contributed by atoms with van der Waals surface area (Å²) in [7, 11) is -2.33. The number of esters is 1. The van der Waals surface area contributed by atoms with Crippen molar-refractivity contribution < 1.29 is 31.1 Å². The minimum atomic E-state index is -4.81. The molecular weight excluding hydrogens is 411 g/mol. The number of alkyl halides is 3. The number of carbonyl (C=O) groups is 1. The number of imidazole rings is 1. The van der Waals surface area contributed by atoms with Gasteiger partial charge >= 0.3 is 12.1 Å². The van der Waals surface area contributed by atoms with Gasteiger partial charge in [0.15, 0.2) is 5.82 Å². The molecule has 11 heteroatoms. The van der Waals surface area contributed by atoms with Crippen molar-refractivity contribution in [2.24, 2.45) is 13.0 Å². The van der Waals surface area contributed by atoms with Crippen molar-refractivity contribution in [1.82, 2.24) is 13.9 Å². The molecule has 3 rings (SSSR count). The number of hydrogen-bond acceptors (Lipinski definition) is 5. The number of ether oxygens (including phenoxy) is 1. The summed E-state index contributed by atoms with van der Waals surface area (Å²) in [6.45, 7) is 0.0478. The molecule has 0 aliphatic carbocycles. The first-order valence-electron chi connectivity index (χ1n) is 8.90. The molecule has 1 fully saturated rings. The number of hydrogen-bond donors (Lipinski definition) is 0. The Labute approximate surface area is 166 Å². The standard InChI is InChI=1S/C18H20F3N3O4S/c1-23-12-9-22-16(23)15(18(19,20)21)28-17(25)13-7-10-24(11-8-13)29(26,27)14-5-3-2-4-6-14/h2-6,9,12-13,15H,7-8,10-11H2,1H3/t15-/m0/s1. The maximum absolute atomic E-state index is 13.4. The molecule has 0 saturated carbocycles. The molecular formula is C18H20F3N3O4S. The lowest BCUT2D eigenvalue weighted by Crippen LogP contribution is -2.41. The number of benzene rings is 1. The van der Waals surface area contributed by atoms with Crippen LogP contribution in [0.4, 0.5) is 13.2 Å². The predicted octanol–water partition coefficient (Wildman–Crippen LogP) is 2.67. The molecule has 0 amide bonds. The SMILES string of the molecule is Cn1ccnc1[C@H](OC(=O)C1CCN(S(=O)(=O)c2ccccc2)CC1)C(F)(F)F. The normalized spacial score (nSPS) is 17.8. The molecule has 1 aromatic carbocycles. The second kappa shape index (κ2) is 8.15. The summed E-state index contributed by atoms with van der Waals surface area (Å²) in [5, 5.41) is 0. The third kappa shape index (κ3) is 4.61. The van der Waals surface area contributed by atoms with Crippen LogP contribution in [0.25, 0.3) is 0 Å². The van der Waals surface area contributed by atoms with E-state index in [2.05, 4.69) is 4.98 Å². The zero-order chi connectivity index (χ0) is 21.2. The molecule has 1 aliphatic heterocycles. The average molecular weight is 431 g/mol. The van der Waals surface area contributed by atoms with Gasteiger partial charge in [-0.25, -0.2) is 13.4 Å². The van der Waals surface area contributed by atoms with E-state index < -0.39 is 40.0 Å². The monoisotopic (exact) mass is 431 g/mol. The first-order valence-corrected chi connectivity index (χ1v) is 10.3. The van der Waals surface area contributed by atoms with Crippen LogP contribution in [0.15, 0.2) is 47.6 Å². The highest BCUT2D eigenvalue weighted by Crippen LogP contribution is 2.36. The van der Waals surface area contributed by atoms with Crippen LogP contribution in [0.1, 0.15) is 24.8 Å². The Morgan fingerprint density at radius 1 is 1.21 bits per heavy atom. The zero-order valence-corrected chi connectivity index (χ0v) is 16.4. The van der Waals surface area contributed by atoms with Gasteiger partial charge in [0, 0.05) is 32.5 Å². The van der Waals surface area contributed by atoms with Crippen LogP contribution in [0.5, 0.6) is 0 Å². The van der Waals surface area contributed by atoms with Crippen LogP contribution in [0.3, 0.4) is 0 Å². The molecule has 2 heterocycles. The maximum atomic E-state index is 13.4. The molecule has 158 valence electrons. The predicted molar refractivity (Wildman–Crippen MR) is 96.0 cm³/mol. The molecule has 1 aliphatic rings. The number of aryl methyl sites for hydroxylation is 1. The Balaban J connectivity index is 1.66. The van der Waals surface area contributed by atoms with Gasteiger partial charge in [-0.2, -0.15) is 17.5 Å². The highest BCUT2D eigenvalue weighted by Gasteiger charge is 2.47. The second-order valence-corrected chi connectivity index (χ2v) is 8.68. The average Bonchev–Trinajstić information content (AvgIpc) is 3.11. The molecule has 2 aromatic rings. The number of nitrogens with zero attached hydrogens (tertiary/aromatic N) is 3. The van der Waals surface area contributed by atoms with Crippen LogP contribution in [-0.4, -0.2) is 47.5 Å². The Hall–Kier alpha value is -2.40. The Morgan fingerprint density at radius 2 is 1.83 bits per heavy atom. The summed E-state index contributed by atoms with van der Waals surface area (Å²) in [5.74, 6) is -2.25. The van der Waals surface area contributed by atoms with Crippen molar-refractivity contribution in [3.8, 4) is 0 Å². The van der Waals surface area contributed by atoms with Crippen molar-refractivity contribution in [2.75, 3.05) is 13.1 Å². The van der Waals surface area contributed by atoms with E-state index >= 15 is 0 Å². The van der Waals surface area contributed by atoms with Gasteiger partial charge in [-0.05, 0) is 25.0 Å². The maximum Gasteiger partial charge on any atom is 0.432 e. The molecule has 1 saturated heterocycles. The van der Waals surface area contributed by atoms with Crippen LogP contribution in [0.2, 0.25) is 0 Å². The molecule has 7 nitrogen and oxygen atoms in total. The van der Waals surface area contributed by atoms with Crippen LogP contribution < -0.4 is 0 Å². The van der Waals surface area contributed by atoms with Crippen molar-refractivity contribution >= 4 is 16.0 Å². The van der Waals surface area contributed by atoms with Crippen LogP contribution in [0, 0.1) is 5.92 Å². The molecule has 0 bridgehead atoms.